The van der Waals surface area contributed by atoms with Crippen molar-refractivity contribution in [3.05, 3.63) is 12.7 Å². The third-order valence-electron chi connectivity index (χ3n) is 1.20. The van der Waals surface area contributed by atoms with Gasteiger partial charge in [-0.15, -0.1) is 6.58 Å². The summed E-state index contributed by atoms with van der Waals surface area (Å²) in [6.45, 7) is 5.76. The predicted octanol–water partition coefficient (Wildman–Crippen LogP) is 1.89. The van der Waals surface area contributed by atoms with Crippen molar-refractivity contribution < 1.29 is 14.6 Å². The number of carbonyl (C=O) groups is 1. The van der Waals surface area contributed by atoms with Crippen LogP contribution in [0.25, 0.3) is 0 Å². The zero-order chi connectivity index (χ0) is 7.98. The average Bonchev–Trinajstić information content (AvgIpc) is 1.87. The molecule has 0 aromatic rings. The minimum absolute atomic E-state index is 0.252. The molecule has 58 valence electrons. The molecule has 0 radical (unpaired) electrons. The Morgan fingerprint density at radius 2 is 2.50 bits per heavy atom. The molecule has 0 aromatic carbocycles. The van der Waals surface area contributed by atoms with Gasteiger partial charge in [0.15, 0.2) is 0 Å². The summed E-state index contributed by atoms with van der Waals surface area (Å²) in [7, 11) is 0. The smallest absolute Gasteiger partial charge is 0.450 e. The maximum absolute atomic E-state index is 9.82. The molecule has 1 N–H and O–H groups in total. The lowest BCUT2D eigenvalue weighted by molar-refractivity contribution is 0.0885. The van der Waals surface area contributed by atoms with Crippen molar-refractivity contribution in [2.24, 2.45) is 5.92 Å². The number of rotatable bonds is 4. The first kappa shape index (κ1) is 9.01. The first-order valence-electron chi connectivity index (χ1n) is 3.15. The highest BCUT2D eigenvalue weighted by Crippen LogP contribution is 2.01. The van der Waals surface area contributed by atoms with Gasteiger partial charge in [0.2, 0.25) is 0 Å². The molecule has 0 aliphatic heterocycles. The van der Waals surface area contributed by atoms with Crippen LogP contribution in [0.3, 0.4) is 0 Å². The number of hydrogen-bond acceptors (Lipinski definition) is 2. The lowest BCUT2D eigenvalue weighted by Gasteiger charge is -2.03. The van der Waals surface area contributed by atoms with Crippen LogP contribution in [0.4, 0.5) is 4.79 Å². The zero-order valence-electron chi connectivity index (χ0n) is 6.04. The second-order valence-corrected chi connectivity index (χ2v) is 2.12. The highest BCUT2D eigenvalue weighted by molar-refractivity contribution is 5.56. The van der Waals surface area contributed by atoms with Crippen molar-refractivity contribution in [2.75, 3.05) is 6.61 Å². The summed E-state index contributed by atoms with van der Waals surface area (Å²) < 4.78 is 4.28. The molecule has 0 aliphatic rings. The van der Waals surface area contributed by atoms with Crippen LogP contribution >= 0.6 is 0 Å². The second-order valence-electron chi connectivity index (χ2n) is 2.12. The Balaban J connectivity index is 3.19. The van der Waals surface area contributed by atoms with Gasteiger partial charge in [0, 0.05) is 0 Å². The summed E-state index contributed by atoms with van der Waals surface area (Å²) in [6, 6.07) is 0. The van der Waals surface area contributed by atoms with E-state index >= 15 is 0 Å². The van der Waals surface area contributed by atoms with Crippen LogP contribution < -0.4 is 0 Å². The molecule has 0 heterocycles. The fourth-order valence-electron chi connectivity index (χ4n) is 0.450. The lowest BCUT2D eigenvalue weighted by Crippen LogP contribution is -2.04. The maximum atomic E-state index is 9.82. The van der Waals surface area contributed by atoms with Crippen molar-refractivity contribution in [2.45, 2.75) is 13.3 Å². The third kappa shape index (κ3) is 5.15. The van der Waals surface area contributed by atoms with Gasteiger partial charge < -0.3 is 9.84 Å². The number of allylic oxidation sites excluding steroid dienone is 1. The van der Waals surface area contributed by atoms with Crippen LogP contribution in [-0.4, -0.2) is 17.9 Å². The van der Waals surface area contributed by atoms with Gasteiger partial charge in [0.1, 0.15) is 0 Å². The molecule has 10 heavy (non-hydrogen) atoms. The number of ether oxygens (including phenoxy) is 1. The Labute approximate surface area is 60.3 Å². The van der Waals surface area contributed by atoms with Gasteiger partial charge >= 0.3 is 6.16 Å². The van der Waals surface area contributed by atoms with Gasteiger partial charge in [-0.2, -0.15) is 0 Å². The monoisotopic (exact) mass is 144 g/mol. The van der Waals surface area contributed by atoms with Crippen molar-refractivity contribution in [3.8, 4) is 0 Å². The van der Waals surface area contributed by atoms with E-state index in [2.05, 4.69) is 11.3 Å². The predicted molar refractivity (Wildman–Crippen MR) is 38.0 cm³/mol. The molecule has 3 nitrogen and oxygen atoms in total. The minimum Gasteiger partial charge on any atom is -0.450 e. The summed E-state index contributed by atoms with van der Waals surface area (Å²) in [5.41, 5.74) is 0. The molecule has 0 fully saturated rings. The summed E-state index contributed by atoms with van der Waals surface area (Å²) in [5.74, 6) is 0.319. The van der Waals surface area contributed by atoms with Gasteiger partial charge in [-0.05, 0) is 12.3 Å². The van der Waals surface area contributed by atoms with E-state index in [1.807, 2.05) is 6.92 Å². The summed E-state index contributed by atoms with van der Waals surface area (Å²) in [6.07, 6.45) is 1.26. The number of carboxylic acid groups (broad SMARTS) is 1. The Morgan fingerprint density at radius 1 is 1.90 bits per heavy atom. The fourth-order valence-corrected chi connectivity index (χ4v) is 0.450. The lowest BCUT2D eigenvalue weighted by atomic mass is 10.1. The molecule has 0 aliphatic carbocycles. The normalized spacial score (nSPS) is 12.1. The van der Waals surface area contributed by atoms with Gasteiger partial charge in [0.05, 0.1) is 6.61 Å². The van der Waals surface area contributed by atoms with Crippen LogP contribution in [0.5, 0.6) is 0 Å². The summed E-state index contributed by atoms with van der Waals surface area (Å²) in [5, 5.41) is 8.05. The largest absolute Gasteiger partial charge is 0.505 e. The molecule has 1 atom stereocenters. The summed E-state index contributed by atoms with van der Waals surface area (Å²) in [4.78, 5) is 9.82. The Morgan fingerprint density at radius 3 is 2.90 bits per heavy atom. The molecule has 3 heteroatoms. The van der Waals surface area contributed by atoms with E-state index in [9.17, 15) is 4.79 Å². The summed E-state index contributed by atoms with van der Waals surface area (Å²) >= 11 is 0. The van der Waals surface area contributed by atoms with E-state index in [-0.39, 0.29) is 6.61 Å². The zero-order valence-corrected chi connectivity index (χ0v) is 6.04. The molecule has 0 saturated carbocycles. The van der Waals surface area contributed by atoms with Gasteiger partial charge in [0.25, 0.3) is 0 Å². The Kier molecular flexibility index (Phi) is 4.37. The third-order valence-corrected chi connectivity index (χ3v) is 1.20. The van der Waals surface area contributed by atoms with Gasteiger partial charge in [-0.3, -0.25) is 0 Å². The molecular formula is C7H12O3. The quantitative estimate of drug-likeness (QED) is 0.484. The van der Waals surface area contributed by atoms with Crippen LogP contribution in [0.15, 0.2) is 12.7 Å². The topological polar surface area (TPSA) is 46.5 Å². The average molecular weight is 144 g/mol. The minimum atomic E-state index is -1.21. The molecule has 0 spiro atoms. The van der Waals surface area contributed by atoms with Crippen molar-refractivity contribution in [3.63, 3.8) is 0 Å². The molecular weight excluding hydrogens is 132 g/mol. The second kappa shape index (κ2) is 4.85. The molecule has 0 amide bonds. The maximum Gasteiger partial charge on any atom is 0.505 e. The van der Waals surface area contributed by atoms with Crippen LogP contribution in [0, 0.1) is 5.92 Å². The van der Waals surface area contributed by atoms with Crippen molar-refractivity contribution >= 4 is 6.16 Å². The molecule has 0 saturated heterocycles. The standard InChI is InChI=1S/C7H12O3/c1-3-6(2)4-5-10-7(8)9/h3,6H,1,4-5H2,2H3,(H,8,9). The molecule has 0 bridgehead atoms. The van der Waals surface area contributed by atoms with E-state index in [1.54, 1.807) is 6.08 Å². The highest BCUT2D eigenvalue weighted by Gasteiger charge is 1.98. The van der Waals surface area contributed by atoms with E-state index in [0.717, 1.165) is 0 Å². The van der Waals surface area contributed by atoms with E-state index in [1.165, 1.54) is 0 Å². The first-order chi connectivity index (χ1) is 4.66. The highest BCUT2D eigenvalue weighted by atomic mass is 16.7. The van der Waals surface area contributed by atoms with Crippen LogP contribution in [-0.2, 0) is 4.74 Å². The Hall–Kier alpha value is -0.990. The Bertz CT molecular complexity index is 120. The van der Waals surface area contributed by atoms with Crippen LogP contribution in [0.2, 0.25) is 0 Å². The van der Waals surface area contributed by atoms with Crippen molar-refractivity contribution in [1.29, 1.82) is 0 Å². The van der Waals surface area contributed by atoms with E-state index in [4.69, 9.17) is 5.11 Å². The van der Waals surface area contributed by atoms with Crippen molar-refractivity contribution in [1.82, 2.24) is 0 Å². The molecule has 0 aromatic heterocycles. The molecule has 1 unspecified atom stereocenters. The SMILES string of the molecule is C=CC(C)CCOC(=O)O. The fraction of sp³-hybridized carbons (Fsp3) is 0.571. The number of hydrogen-bond donors (Lipinski definition) is 1. The molecule has 0 rings (SSSR count). The van der Waals surface area contributed by atoms with E-state index in [0.29, 0.717) is 12.3 Å². The first-order valence-corrected chi connectivity index (χ1v) is 3.15. The van der Waals surface area contributed by atoms with Gasteiger partial charge in [-0.1, -0.05) is 13.0 Å². The van der Waals surface area contributed by atoms with E-state index < -0.39 is 6.16 Å². The van der Waals surface area contributed by atoms with Gasteiger partial charge in [-0.25, -0.2) is 4.79 Å². The van der Waals surface area contributed by atoms with Crippen LogP contribution in [0.1, 0.15) is 13.3 Å².